The van der Waals surface area contributed by atoms with Gasteiger partial charge in [-0.3, -0.25) is 0 Å². The molecule has 0 fully saturated rings. The minimum atomic E-state index is -0.487. The Labute approximate surface area is 96.9 Å². The van der Waals surface area contributed by atoms with Crippen LogP contribution in [0.3, 0.4) is 0 Å². The zero-order valence-electron chi connectivity index (χ0n) is 9.76. The predicted octanol–water partition coefficient (Wildman–Crippen LogP) is 1.81. The van der Waals surface area contributed by atoms with Crippen molar-refractivity contribution >= 4 is 0 Å². The van der Waals surface area contributed by atoms with Crippen LogP contribution >= 0.6 is 0 Å². The summed E-state index contributed by atoms with van der Waals surface area (Å²) in [5.41, 5.74) is 6.68. The zero-order chi connectivity index (χ0) is 12.0. The fourth-order valence-corrected chi connectivity index (χ4v) is 1.77. The number of phenols is 1. The molecule has 1 aromatic carbocycles. The topological polar surface area (TPSA) is 66.5 Å². The van der Waals surface area contributed by atoms with E-state index in [1.807, 2.05) is 12.1 Å². The van der Waals surface area contributed by atoms with E-state index in [4.69, 9.17) is 5.73 Å². The number of aryl methyl sites for hydroxylation is 1. The molecule has 1 rings (SSSR count). The third-order valence-electron chi connectivity index (χ3n) is 2.82. The number of rotatable bonds is 6. The summed E-state index contributed by atoms with van der Waals surface area (Å²) >= 11 is 0. The maximum absolute atomic E-state index is 9.79. The summed E-state index contributed by atoms with van der Waals surface area (Å²) in [6.07, 6.45) is 2.58. The lowest BCUT2D eigenvalue weighted by Gasteiger charge is -2.18. The molecular formula is C13H21NO2. The normalized spacial score (nSPS) is 14.7. The second-order valence-corrected chi connectivity index (χ2v) is 4.19. The number of phenolic OH excluding ortho intramolecular Hbond substituents is 1. The molecule has 3 heteroatoms. The second kappa shape index (κ2) is 6.51. The maximum Gasteiger partial charge on any atom is 0.118 e. The molecule has 4 N–H and O–H groups in total. The van der Waals surface area contributed by atoms with Gasteiger partial charge in [0.25, 0.3) is 0 Å². The highest BCUT2D eigenvalue weighted by Crippen LogP contribution is 2.18. The maximum atomic E-state index is 9.79. The highest BCUT2D eigenvalue weighted by atomic mass is 16.3. The first-order valence-electron chi connectivity index (χ1n) is 5.85. The first-order chi connectivity index (χ1) is 7.65. The van der Waals surface area contributed by atoms with E-state index < -0.39 is 6.10 Å². The fraction of sp³-hybridized carbons (Fsp3) is 0.538. The second-order valence-electron chi connectivity index (χ2n) is 4.19. The van der Waals surface area contributed by atoms with Crippen LogP contribution in [0.4, 0.5) is 0 Å². The van der Waals surface area contributed by atoms with E-state index in [0.29, 0.717) is 18.6 Å². The molecule has 0 aliphatic heterocycles. The van der Waals surface area contributed by atoms with Crippen LogP contribution in [-0.2, 0) is 6.42 Å². The van der Waals surface area contributed by atoms with Gasteiger partial charge in [-0.05, 0) is 30.9 Å². The number of benzene rings is 1. The minimum Gasteiger partial charge on any atom is -0.508 e. The van der Waals surface area contributed by atoms with Crippen LogP contribution in [0.15, 0.2) is 24.3 Å². The number of aliphatic hydroxyl groups is 1. The average molecular weight is 223 g/mol. The van der Waals surface area contributed by atoms with Gasteiger partial charge in [-0.2, -0.15) is 0 Å². The van der Waals surface area contributed by atoms with Gasteiger partial charge in [-0.25, -0.2) is 0 Å². The van der Waals surface area contributed by atoms with Crippen LogP contribution in [-0.4, -0.2) is 22.4 Å². The molecular weight excluding hydrogens is 202 g/mol. The monoisotopic (exact) mass is 223 g/mol. The third-order valence-corrected chi connectivity index (χ3v) is 2.82. The zero-order valence-corrected chi connectivity index (χ0v) is 9.76. The molecule has 2 unspecified atom stereocenters. The number of hydrogen-bond donors (Lipinski definition) is 3. The van der Waals surface area contributed by atoms with Gasteiger partial charge in [0.15, 0.2) is 0 Å². The molecule has 0 amide bonds. The molecule has 0 bridgehead atoms. The van der Waals surface area contributed by atoms with Gasteiger partial charge in [-0.15, -0.1) is 0 Å². The molecule has 0 aliphatic rings. The van der Waals surface area contributed by atoms with E-state index >= 15 is 0 Å². The Balaban J connectivity index is 2.42. The standard InChI is InChI=1S/C13H21NO2/c1-2-5-11(14)13(16)9-8-10-6-3-4-7-12(10)15/h3-4,6-7,11,13,15-16H,2,5,8-9,14H2,1H3. The fourth-order valence-electron chi connectivity index (χ4n) is 1.77. The summed E-state index contributed by atoms with van der Waals surface area (Å²) in [4.78, 5) is 0. The van der Waals surface area contributed by atoms with Crippen molar-refractivity contribution in [1.82, 2.24) is 0 Å². The molecule has 0 saturated carbocycles. The molecule has 16 heavy (non-hydrogen) atoms. The van der Waals surface area contributed by atoms with Crippen molar-refractivity contribution in [3.8, 4) is 5.75 Å². The van der Waals surface area contributed by atoms with Gasteiger partial charge in [0.1, 0.15) is 5.75 Å². The van der Waals surface area contributed by atoms with Crippen molar-refractivity contribution in [2.75, 3.05) is 0 Å². The van der Waals surface area contributed by atoms with Gasteiger partial charge in [-0.1, -0.05) is 31.5 Å². The smallest absolute Gasteiger partial charge is 0.118 e. The summed E-state index contributed by atoms with van der Waals surface area (Å²) in [5, 5.41) is 19.3. The van der Waals surface area contributed by atoms with Crippen molar-refractivity contribution in [2.24, 2.45) is 5.73 Å². The summed E-state index contributed by atoms with van der Waals surface area (Å²) in [6.45, 7) is 2.05. The highest BCUT2D eigenvalue weighted by Gasteiger charge is 2.14. The number of aromatic hydroxyl groups is 1. The van der Waals surface area contributed by atoms with E-state index in [2.05, 4.69) is 6.92 Å². The molecule has 0 spiro atoms. The van der Waals surface area contributed by atoms with Crippen LogP contribution in [0.25, 0.3) is 0 Å². The number of hydrogen-bond acceptors (Lipinski definition) is 3. The number of nitrogens with two attached hydrogens (primary N) is 1. The highest BCUT2D eigenvalue weighted by molar-refractivity contribution is 5.31. The van der Waals surface area contributed by atoms with Crippen molar-refractivity contribution in [3.05, 3.63) is 29.8 Å². The predicted molar refractivity (Wildman–Crippen MR) is 65.3 cm³/mol. The van der Waals surface area contributed by atoms with E-state index in [-0.39, 0.29) is 6.04 Å². The molecule has 0 heterocycles. The Morgan fingerprint density at radius 3 is 2.56 bits per heavy atom. The van der Waals surface area contributed by atoms with Gasteiger partial charge in [0.2, 0.25) is 0 Å². The molecule has 3 nitrogen and oxygen atoms in total. The Morgan fingerprint density at radius 1 is 1.25 bits per heavy atom. The summed E-state index contributed by atoms with van der Waals surface area (Å²) in [6, 6.07) is 7.04. The molecule has 90 valence electrons. The number of aliphatic hydroxyl groups excluding tert-OH is 1. The van der Waals surface area contributed by atoms with E-state index in [1.165, 1.54) is 0 Å². The van der Waals surface area contributed by atoms with Crippen LogP contribution in [0.5, 0.6) is 5.75 Å². The van der Waals surface area contributed by atoms with Crippen molar-refractivity contribution in [3.63, 3.8) is 0 Å². The minimum absolute atomic E-state index is 0.157. The van der Waals surface area contributed by atoms with E-state index in [1.54, 1.807) is 12.1 Å². The van der Waals surface area contributed by atoms with Gasteiger partial charge in [0.05, 0.1) is 6.10 Å². The Morgan fingerprint density at radius 2 is 1.94 bits per heavy atom. The summed E-state index contributed by atoms with van der Waals surface area (Å²) < 4.78 is 0. The van der Waals surface area contributed by atoms with Gasteiger partial charge < -0.3 is 15.9 Å². The van der Waals surface area contributed by atoms with Crippen molar-refractivity contribution in [1.29, 1.82) is 0 Å². The van der Waals surface area contributed by atoms with E-state index in [0.717, 1.165) is 18.4 Å². The van der Waals surface area contributed by atoms with Crippen LogP contribution in [0.1, 0.15) is 31.7 Å². The van der Waals surface area contributed by atoms with Gasteiger partial charge in [0, 0.05) is 6.04 Å². The molecule has 0 aromatic heterocycles. The summed E-state index contributed by atoms with van der Waals surface area (Å²) in [5.74, 6) is 0.291. The van der Waals surface area contributed by atoms with Crippen molar-refractivity contribution in [2.45, 2.75) is 44.8 Å². The quantitative estimate of drug-likeness (QED) is 0.689. The molecule has 0 radical (unpaired) electrons. The lowest BCUT2D eigenvalue weighted by Crippen LogP contribution is -2.34. The Bertz CT molecular complexity index is 315. The largest absolute Gasteiger partial charge is 0.508 e. The van der Waals surface area contributed by atoms with Gasteiger partial charge >= 0.3 is 0 Å². The SMILES string of the molecule is CCCC(N)C(O)CCc1ccccc1O. The average Bonchev–Trinajstić information content (AvgIpc) is 2.28. The third kappa shape index (κ3) is 3.83. The van der Waals surface area contributed by atoms with Crippen molar-refractivity contribution < 1.29 is 10.2 Å². The molecule has 0 aliphatic carbocycles. The molecule has 1 aromatic rings. The Kier molecular flexibility index (Phi) is 5.29. The molecule has 2 atom stereocenters. The first kappa shape index (κ1) is 13.0. The lowest BCUT2D eigenvalue weighted by atomic mass is 9.99. The molecule has 0 saturated heterocycles. The first-order valence-corrected chi connectivity index (χ1v) is 5.85. The van der Waals surface area contributed by atoms with E-state index in [9.17, 15) is 10.2 Å². The summed E-state index contributed by atoms with van der Waals surface area (Å²) in [7, 11) is 0. The lowest BCUT2D eigenvalue weighted by molar-refractivity contribution is 0.131. The number of para-hydroxylation sites is 1. The van der Waals surface area contributed by atoms with Crippen LogP contribution in [0.2, 0.25) is 0 Å². The van der Waals surface area contributed by atoms with Crippen LogP contribution < -0.4 is 5.73 Å². The van der Waals surface area contributed by atoms with Crippen LogP contribution in [0, 0.1) is 0 Å². The Hall–Kier alpha value is -1.06.